The van der Waals surface area contributed by atoms with Gasteiger partial charge in [-0.1, -0.05) is 6.92 Å². The van der Waals surface area contributed by atoms with E-state index in [9.17, 15) is 0 Å². The van der Waals surface area contributed by atoms with E-state index in [1.54, 1.807) is 0 Å². The van der Waals surface area contributed by atoms with Crippen LogP contribution >= 0.6 is 11.8 Å². The average Bonchev–Trinajstić information content (AvgIpc) is 2.11. The molecule has 0 amide bonds. The summed E-state index contributed by atoms with van der Waals surface area (Å²) in [7, 11) is 2.01. The zero-order chi connectivity index (χ0) is 9.23. The number of hydrogen-bond acceptors (Lipinski definition) is 2. The lowest BCUT2D eigenvalue weighted by Crippen LogP contribution is -2.27. The van der Waals surface area contributed by atoms with Crippen molar-refractivity contribution >= 4 is 11.8 Å². The molecule has 12 heavy (non-hydrogen) atoms. The van der Waals surface area contributed by atoms with Crippen LogP contribution in [0.3, 0.4) is 0 Å². The van der Waals surface area contributed by atoms with Gasteiger partial charge in [0.2, 0.25) is 0 Å². The average molecular weight is 185 g/mol. The van der Waals surface area contributed by atoms with Crippen molar-refractivity contribution in [3.63, 3.8) is 0 Å². The van der Waals surface area contributed by atoms with E-state index < -0.39 is 0 Å². The van der Waals surface area contributed by atoms with E-state index in [1.807, 2.05) is 25.7 Å². The first-order valence-corrected chi connectivity index (χ1v) is 5.65. The van der Waals surface area contributed by atoms with Crippen LogP contribution in [-0.4, -0.2) is 24.6 Å². The second-order valence-electron chi connectivity index (χ2n) is 2.69. The molecule has 1 unspecified atom stereocenters. The fourth-order valence-electron chi connectivity index (χ4n) is 0.840. The smallest absolute Gasteiger partial charge is 0.0264 e. The lowest BCUT2D eigenvalue weighted by molar-refractivity contribution is 0.636. The molecule has 0 spiro atoms. The Balaban J connectivity index is 3.43. The van der Waals surface area contributed by atoms with E-state index in [1.165, 1.54) is 17.9 Å². The molecule has 0 aliphatic carbocycles. The second-order valence-corrected chi connectivity index (χ2v) is 3.84. The summed E-state index contributed by atoms with van der Waals surface area (Å²) in [4.78, 5) is 0. The minimum atomic E-state index is 0.564. The Morgan fingerprint density at radius 3 is 2.75 bits per heavy atom. The minimum absolute atomic E-state index is 0.564. The minimum Gasteiger partial charge on any atom is -0.315 e. The van der Waals surface area contributed by atoms with Crippen LogP contribution in [0.25, 0.3) is 0 Å². The van der Waals surface area contributed by atoms with E-state index in [0.29, 0.717) is 6.04 Å². The van der Waals surface area contributed by atoms with Crippen molar-refractivity contribution in [2.24, 2.45) is 0 Å². The zero-order valence-corrected chi connectivity index (χ0v) is 9.13. The summed E-state index contributed by atoms with van der Waals surface area (Å²) in [5.74, 6) is 8.47. The van der Waals surface area contributed by atoms with Crippen molar-refractivity contribution in [1.29, 1.82) is 0 Å². The molecule has 0 aromatic heterocycles. The molecular formula is C10H19NS. The van der Waals surface area contributed by atoms with Crippen LogP contribution in [0, 0.1) is 11.8 Å². The van der Waals surface area contributed by atoms with Crippen molar-refractivity contribution in [2.75, 3.05) is 18.6 Å². The van der Waals surface area contributed by atoms with Crippen LogP contribution in [0.15, 0.2) is 0 Å². The highest BCUT2D eigenvalue weighted by molar-refractivity contribution is 7.99. The molecule has 0 saturated carbocycles. The molecule has 0 aliphatic rings. The summed E-state index contributed by atoms with van der Waals surface area (Å²) in [5, 5.41) is 3.27. The van der Waals surface area contributed by atoms with Gasteiger partial charge in [-0.25, -0.2) is 0 Å². The molecule has 0 radical (unpaired) electrons. The topological polar surface area (TPSA) is 12.0 Å². The van der Waals surface area contributed by atoms with Crippen LogP contribution in [0.1, 0.15) is 26.7 Å². The van der Waals surface area contributed by atoms with Gasteiger partial charge in [0, 0.05) is 18.2 Å². The number of hydrogen-bond donors (Lipinski definition) is 1. The summed E-state index contributed by atoms with van der Waals surface area (Å²) < 4.78 is 0. The molecule has 0 fully saturated rings. The Labute approximate surface area is 80.7 Å². The maximum absolute atomic E-state index is 3.27. The van der Waals surface area contributed by atoms with E-state index in [0.717, 1.165) is 6.42 Å². The fraction of sp³-hybridized carbons (Fsp3) is 0.800. The monoisotopic (exact) mass is 185 g/mol. The van der Waals surface area contributed by atoms with E-state index >= 15 is 0 Å². The molecule has 1 atom stereocenters. The first-order chi connectivity index (χ1) is 5.85. The SMILES string of the molecule is CC#CCC(CSCCC)NC. The van der Waals surface area contributed by atoms with Crippen LogP contribution in [0.5, 0.6) is 0 Å². The first-order valence-electron chi connectivity index (χ1n) is 4.49. The third-order valence-electron chi connectivity index (χ3n) is 1.60. The lowest BCUT2D eigenvalue weighted by atomic mass is 10.2. The van der Waals surface area contributed by atoms with Gasteiger partial charge in [-0.05, 0) is 26.1 Å². The summed E-state index contributed by atoms with van der Waals surface area (Å²) >= 11 is 2.01. The van der Waals surface area contributed by atoms with Crippen molar-refractivity contribution in [1.82, 2.24) is 5.32 Å². The number of rotatable bonds is 6. The number of thioether (sulfide) groups is 1. The predicted molar refractivity (Wildman–Crippen MR) is 58.5 cm³/mol. The Kier molecular flexibility index (Phi) is 8.86. The number of nitrogens with one attached hydrogen (secondary N) is 1. The van der Waals surface area contributed by atoms with E-state index in [4.69, 9.17) is 0 Å². The second kappa shape index (κ2) is 8.96. The van der Waals surface area contributed by atoms with Crippen molar-refractivity contribution in [3.05, 3.63) is 0 Å². The summed E-state index contributed by atoms with van der Waals surface area (Å²) in [6.45, 7) is 4.11. The largest absolute Gasteiger partial charge is 0.315 e. The van der Waals surface area contributed by atoms with Crippen molar-refractivity contribution in [3.8, 4) is 11.8 Å². The highest BCUT2D eigenvalue weighted by atomic mass is 32.2. The van der Waals surface area contributed by atoms with Gasteiger partial charge in [0.15, 0.2) is 0 Å². The fourth-order valence-corrected chi connectivity index (χ4v) is 1.86. The maximum atomic E-state index is 3.27. The predicted octanol–water partition coefficient (Wildman–Crippen LogP) is 2.13. The van der Waals surface area contributed by atoms with Gasteiger partial charge in [-0.15, -0.1) is 11.8 Å². The Bertz CT molecular complexity index is 146. The molecule has 1 nitrogen and oxygen atoms in total. The van der Waals surface area contributed by atoms with Crippen molar-refractivity contribution in [2.45, 2.75) is 32.7 Å². The third kappa shape index (κ3) is 6.57. The normalized spacial score (nSPS) is 11.9. The van der Waals surface area contributed by atoms with E-state index in [-0.39, 0.29) is 0 Å². The molecule has 1 N–H and O–H groups in total. The molecule has 70 valence electrons. The van der Waals surface area contributed by atoms with Gasteiger partial charge in [-0.2, -0.15) is 11.8 Å². The Morgan fingerprint density at radius 1 is 1.50 bits per heavy atom. The molecule has 0 rings (SSSR count). The molecule has 0 aromatic rings. The molecule has 0 bridgehead atoms. The van der Waals surface area contributed by atoms with Crippen LogP contribution in [-0.2, 0) is 0 Å². The molecule has 0 aliphatic heterocycles. The molecule has 0 heterocycles. The standard InChI is InChI=1S/C10H19NS/c1-4-6-7-10(11-3)9-12-8-5-2/h10-11H,5,7-9H2,1-3H3. The summed E-state index contributed by atoms with van der Waals surface area (Å²) in [6, 6.07) is 0.564. The van der Waals surface area contributed by atoms with Crippen LogP contribution in [0.4, 0.5) is 0 Å². The van der Waals surface area contributed by atoms with E-state index in [2.05, 4.69) is 24.1 Å². The quantitative estimate of drug-likeness (QED) is 0.502. The highest BCUT2D eigenvalue weighted by Crippen LogP contribution is 2.06. The summed E-state index contributed by atoms with van der Waals surface area (Å²) in [6.07, 6.45) is 2.24. The van der Waals surface area contributed by atoms with Crippen molar-refractivity contribution < 1.29 is 0 Å². The van der Waals surface area contributed by atoms with Gasteiger partial charge < -0.3 is 5.32 Å². The van der Waals surface area contributed by atoms with Gasteiger partial charge >= 0.3 is 0 Å². The third-order valence-corrected chi connectivity index (χ3v) is 2.94. The molecule has 0 saturated heterocycles. The Hall–Kier alpha value is -0.130. The maximum Gasteiger partial charge on any atom is 0.0264 e. The lowest BCUT2D eigenvalue weighted by Gasteiger charge is -2.11. The van der Waals surface area contributed by atoms with Gasteiger partial charge in [0.1, 0.15) is 0 Å². The molecular weight excluding hydrogens is 166 g/mol. The molecule has 2 heteroatoms. The molecule has 0 aromatic carbocycles. The first kappa shape index (κ1) is 11.9. The van der Waals surface area contributed by atoms with Gasteiger partial charge in [-0.3, -0.25) is 0 Å². The van der Waals surface area contributed by atoms with Crippen LogP contribution in [0.2, 0.25) is 0 Å². The summed E-state index contributed by atoms with van der Waals surface area (Å²) in [5.41, 5.74) is 0. The Morgan fingerprint density at radius 2 is 2.25 bits per heavy atom. The van der Waals surface area contributed by atoms with Gasteiger partial charge in [0.25, 0.3) is 0 Å². The highest BCUT2D eigenvalue weighted by Gasteiger charge is 2.02. The van der Waals surface area contributed by atoms with Crippen LogP contribution < -0.4 is 5.32 Å². The van der Waals surface area contributed by atoms with Gasteiger partial charge in [0.05, 0.1) is 0 Å². The zero-order valence-electron chi connectivity index (χ0n) is 8.31.